The van der Waals surface area contributed by atoms with Crippen LogP contribution in [0.15, 0.2) is 41.8 Å². The molecule has 3 rings (SSSR count). The molecule has 4 nitrogen and oxygen atoms in total. The minimum Gasteiger partial charge on any atom is -0.298 e. The molecule has 7 heteroatoms. The van der Waals surface area contributed by atoms with Crippen molar-refractivity contribution in [3.63, 3.8) is 0 Å². The van der Waals surface area contributed by atoms with E-state index in [-0.39, 0.29) is 5.75 Å². The molecule has 1 fully saturated rings. The third-order valence-corrected chi connectivity index (χ3v) is 6.92. The summed E-state index contributed by atoms with van der Waals surface area (Å²) < 4.78 is 27.3. The lowest BCUT2D eigenvalue weighted by molar-refractivity contribution is 0.180. The molecular weight excluding hydrogens is 376 g/mol. The Morgan fingerprint density at radius 2 is 2.00 bits per heavy atom. The van der Waals surface area contributed by atoms with Crippen molar-refractivity contribution in [2.24, 2.45) is 5.92 Å². The molecule has 1 aromatic heterocycles. The maximum Gasteiger partial charge on any atom is 0.215 e. The van der Waals surface area contributed by atoms with Gasteiger partial charge in [-0.25, -0.2) is 13.1 Å². The van der Waals surface area contributed by atoms with Gasteiger partial charge in [0.05, 0.1) is 5.75 Å². The predicted octanol–water partition coefficient (Wildman–Crippen LogP) is 3.73. The minimum atomic E-state index is -3.33. The Bertz CT molecular complexity index is 770. The lowest BCUT2D eigenvalue weighted by Gasteiger charge is -2.31. The van der Waals surface area contributed by atoms with Crippen LogP contribution in [0.2, 0.25) is 5.02 Å². The standard InChI is InChI=1S/C18H23ClN2O2S2/c19-17-4-1-3-16(11-17)14-25(22,23)20-12-15-6-8-21(9-7-15)13-18-5-2-10-24-18/h1-5,10-11,15,20H,6-9,12-14H2. The number of sulfonamides is 1. The van der Waals surface area contributed by atoms with E-state index in [2.05, 4.69) is 27.1 Å². The van der Waals surface area contributed by atoms with Crippen LogP contribution >= 0.6 is 22.9 Å². The SMILES string of the molecule is O=S(=O)(Cc1cccc(Cl)c1)NCC1CCN(Cc2cccs2)CC1. The fourth-order valence-electron chi connectivity index (χ4n) is 3.11. The highest BCUT2D eigenvalue weighted by molar-refractivity contribution is 7.88. The second-order valence-corrected chi connectivity index (χ2v) is 9.81. The summed E-state index contributed by atoms with van der Waals surface area (Å²) in [5.74, 6) is 0.388. The Morgan fingerprint density at radius 3 is 2.68 bits per heavy atom. The molecule has 0 bridgehead atoms. The van der Waals surface area contributed by atoms with Crippen LogP contribution in [0.3, 0.4) is 0 Å². The molecule has 0 spiro atoms. The first-order valence-corrected chi connectivity index (χ1v) is 11.4. The summed E-state index contributed by atoms with van der Waals surface area (Å²) in [4.78, 5) is 3.84. The van der Waals surface area contributed by atoms with Gasteiger partial charge in [-0.3, -0.25) is 4.90 Å². The van der Waals surface area contributed by atoms with Gasteiger partial charge < -0.3 is 0 Å². The van der Waals surface area contributed by atoms with Crippen LogP contribution in [0.1, 0.15) is 23.3 Å². The number of nitrogens with one attached hydrogen (secondary N) is 1. The number of thiophene rings is 1. The van der Waals surface area contributed by atoms with Crippen LogP contribution in [-0.2, 0) is 22.3 Å². The van der Waals surface area contributed by atoms with Gasteiger partial charge in [-0.05, 0) is 61.0 Å². The van der Waals surface area contributed by atoms with E-state index in [0.29, 0.717) is 23.0 Å². The van der Waals surface area contributed by atoms with Crippen molar-refractivity contribution in [1.82, 2.24) is 9.62 Å². The maximum absolute atomic E-state index is 12.3. The first kappa shape index (κ1) is 18.9. The zero-order valence-electron chi connectivity index (χ0n) is 14.0. The molecule has 1 aromatic carbocycles. The van der Waals surface area contributed by atoms with Crippen molar-refractivity contribution in [2.75, 3.05) is 19.6 Å². The molecule has 0 atom stereocenters. The fourth-order valence-corrected chi connectivity index (χ4v) is 5.28. The Labute approximate surface area is 158 Å². The molecule has 2 aromatic rings. The highest BCUT2D eigenvalue weighted by Crippen LogP contribution is 2.20. The van der Waals surface area contributed by atoms with Crippen molar-refractivity contribution in [3.05, 3.63) is 57.2 Å². The van der Waals surface area contributed by atoms with Gasteiger partial charge in [0.25, 0.3) is 0 Å². The van der Waals surface area contributed by atoms with E-state index in [9.17, 15) is 8.42 Å². The second kappa shape index (κ2) is 8.64. The van der Waals surface area contributed by atoms with Crippen LogP contribution in [0.5, 0.6) is 0 Å². The van der Waals surface area contributed by atoms with Crippen molar-refractivity contribution in [2.45, 2.75) is 25.1 Å². The monoisotopic (exact) mass is 398 g/mol. The molecule has 25 heavy (non-hydrogen) atoms. The van der Waals surface area contributed by atoms with Crippen molar-refractivity contribution in [1.29, 1.82) is 0 Å². The van der Waals surface area contributed by atoms with Crippen LogP contribution < -0.4 is 4.72 Å². The van der Waals surface area contributed by atoms with Crippen LogP contribution in [0, 0.1) is 5.92 Å². The smallest absolute Gasteiger partial charge is 0.215 e. The van der Waals surface area contributed by atoms with Crippen molar-refractivity contribution >= 4 is 33.0 Å². The maximum atomic E-state index is 12.3. The molecule has 2 heterocycles. The number of rotatable bonds is 7. The minimum absolute atomic E-state index is 0.0230. The number of benzene rings is 1. The molecule has 1 N–H and O–H groups in total. The van der Waals surface area contributed by atoms with Crippen LogP contribution in [-0.4, -0.2) is 33.0 Å². The molecule has 1 aliphatic heterocycles. The summed E-state index contributed by atoms with van der Waals surface area (Å²) in [5.41, 5.74) is 0.714. The van der Waals surface area contributed by atoms with Gasteiger partial charge in [-0.2, -0.15) is 0 Å². The normalized spacial score (nSPS) is 17.0. The van der Waals surface area contributed by atoms with E-state index in [1.165, 1.54) is 4.88 Å². The molecular formula is C18H23ClN2O2S2. The summed E-state index contributed by atoms with van der Waals surface area (Å²) >= 11 is 7.71. The topological polar surface area (TPSA) is 49.4 Å². The number of hydrogen-bond acceptors (Lipinski definition) is 4. The lowest BCUT2D eigenvalue weighted by Crippen LogP contribution is -2.38. The molecule has 1 aliphatic rings. The number of halogens is 1. The second-order valence-electron chi connectivity index (χ2n) is 6.54. The van der Waals surface area contributed by atoms with E-state index >= 15 is 0 Å². The molecule has 1 saturated heterocycles. The number of nitrogens with zero attached hydrogens (tertiary/aromatic N) is 1. The van der Waals surface area contributed by atoms with Gasteiger partial charge in [-0.15, -0.1) is 11.3 Å². The third kappa shape index (κ3) is 6.08. The molecule has 136 valence electrons. The van der Waals surface area contributed by atoms with Gasteiger partial charge in [0, 0.05) is 23.0 Å². The summed E-state index contributed by atoms with van der Waals surface area (Å²) in [7, 11) is -3.33. The quantitative estimate of drug-likeness (QED) is 0.773. The molecule has 0 radical (unpaired) electrons. The molecule has 0 unspecified atom stereocenters. The number of hydrogen-bond donors (Lipinski definition) is 1. The first-order valence-electron chi connectivity index (χ1n) is 8.47. The number of piperidine rings is 1. The zero-order chi connectivity index (χ0) is 17.7. The van der Waals surface area contributed by atoms with Crippen molar-refractivity contribution in [3.8, 4) is 0 Å². The first-order chi connectivity index (χ1) is 12.0. The van der Waals surface area contributed by atoms with Gasteiger partial charge in [0.2, 0.25) is 10.0 Å². The van der Waals surface area contributed by atoms with E-state index in [4.69, 9.17) is 11.6 Å². The summed E-state index contributed by atoms with van der Waals surface area (Å²) in [6, 6.07) is 11.3. The van der Waals surface area contributed by atoms with Gasteiger partial charge in [0.15, 0.2) is 0 Å². The summed E-state index contributed by atoms with van der Waals surface area (Å²) in [6.45, 7) is 3.58. The lowest BCUT2D eigenvalue weighted by atomic mass is 9.97. The fraction of sp³-hybridized carbons (Fsp3) is 0.444. The number of likely N-dealkylation sites (tertiary alicyclic amines) is 1. The van der Waals surface area contributed by atoms with Gasteiger partial charge >= 0.3 is 0 Å². The summed E-state index contributed by atoms with van der Waals surface area (Å²) in [5, 5.41) is 2.67. The molecule has 0 saturated carbocycles. The third-order valence-electron chi connectivity index (χ3n) is 4.50. The average molecular weight is 399 g/mol. The average Bonchev–Trinajstić information content (AvgIpc) is 3.07. The van der Waals surface area contributed by atoms with Crippen molar-refractivity contribution < 1.29 is 8.42 Å². The van der Waals surface area contributed by atoms with E-state index < -0.39 is 10.0 Å². The zero-order valence-corrected chi connectivity index (χ0v) is 16.4. The Hall–Kier alpha value is -0.920. The Kier molecular flexibility index (Phi) is 6.52. The van der Waals surface area contributed by atoms with Crippen LogP contribution in [0.4, 0.5) is 0 Å². The highest BCUT2D eigenvalue weighted by Gasteiger charge is 2.21. The van der Waals surface area contributed by atoms with Gasteiger partial charge in [0.1, 0.15) is 0 Å². The highest BCUT2D eigenvalue weighted by atomic mass is 35.5. The molecule has 0 amide bonds. The Morgan fingerprint density at radius 1 is 1.20 bits per heavy atom. The largest absolute Gasteiger partial charge is 0.298 e. The van der Waals surface area contributed by atoms with E-state index in [1.807, 2.05) is 0 Å². The van der Waals surface area contributed by atoms with E-state index in [0.717, 1.165) is 32.5 Å². The molecule has 0 aliphatic carbocycles. The van der Waals surface area contributed by atoms with Gasteiger partial charge in [-0.1, -0.05) is 29.8 Å². The predicted molar refractivity (Wildman–Crippen MR) is 104 cm³/mol. The summed E-state index contributed by atoms with van der Waals surface area (Å²) in [6.07, 6.45) is 2.07. The van der Waals surface area contributed by atoms with E-state index in [1.54, 1.807) is 35.6 Å². The Balaban J connectivity index is 1.43. The van der Waals surface area contributed by atoms with Crippen LogP contribution in [0.25, 0.3) is 0 Å².